The van der Waals surface area contributed by atoms with Gasteiger partial charge in [-0.05, 0) is 44.4 Å². The van der Waals surface area contributed by atoms with Gasteiger partial charge in [-0.1, -0.05) is 27.2 Å². The topological polar surface area (TPSA) is 46.5 Å². The molecule has 1 aliphatic carbocycles. The van der Waals surface area contributed by atoms with Crippen LogP contribution < -0.4 is 0 Å². The summed E-state index contributed by atoms with van der Waals surface area (Å²) in [5.74, 6) is 1.09. The predicted molar refractivity (Wildman–Crippen MR) is 72.5 cm³/mol. The van der Waals surface area contributed by atoms with Gasteiger partial charge in [-0.2, -0.15) is 0 Å². The molecule has 0 aromatic heterocycles. The van der Waals surface area contributed by atoms with E-state index in [1.807, 2.05) is 0 Å². The van der Waals surface area contributed by atoms with Crippen molar-refractivity contribution < 1.29 is 14.6 Å². The van der Waals surface area contributed by atoms with E-state index in [4.69, 9.17) is 9.84 Å². The lowest BCUT2D eigenvalue weighted by Crippen LogP contribution is -2.38. The van der Waals surface area contributed by atoms with Gasteiger partial charge in [-0.15, -0.1) is 0 Å². The summed E-state index contributed by atoms with van der Waals surface area (Å²) in [7, 11) is 0. The minimum Gasteiger partial charge on any atom is -0.481 e. The number of hydrogen-bond acceptors (Lipinski definition) is 2. The van der Waals surface area contributed by atoms with Crippen molar-refractivity contribution in [2.24, 2.45) is 23.2 Å². The Balaban J connectivity index is 2.59. The number of hydrogen-bond donors (Lipinski definition) is 1. The molecule has 0 radical (unpaired) electrons. The van der Waals surface area contributed by atoms with Gasteiger partial charge in [0.15, 0.2) is 0 Å². The minimum absolute atomic E-state index is 0.229. The van der Waals surface area contributed by atoms with Gasteiger partial charge in [0.1, 0.15) is 0 Å². The Morgan fingerprint density at radius 1 is 1.39 bits per heavy atom. The minimum atomic E-state index is -0.789. The van der Waals surface area contributed by atoms with Gasteiger partial charge in [0.05, 0.1) is 18.1 Å². The number of rotatable bonds is 5. The van der Waals surface area contributed by atoms with Gasteiger partial charge in [0.25, 0.3) is 0 Å². The largest absolute Gasteiger partial charge is 0.481 e. The molecule has 1 rings (SSSR count). The van der Waals surface area contributed by atoms with E-state index in [1.165, 1.54) is 12.8 Å². The third-order valence-electron chi connectivity index (χ3n) is 4.20. The van der Waals surface area contributed by atoms with E-state index in [0.717, 1.165) is 6.42 Å². The molecule has 106 valence electrons. The van der Waals surface area contributed by atoms with Crippen LogP contribution in [-0.2, 0) is 9.53 Å². The Morgan fingerprint density at radius 2 is 2.00 bits per heavy atom. The molecule has 0 spiro atoms. The van der Waals surface area contributed by atoms with Crippen LogP contribution in [0.2, 0.25) is 0 Å². The molecule has 1 fully saturated rings. The summed E-state index contributed by atoms with van der Waals surface area (Å²) >= 11 is 0. The molecular formula is C15H28O3. The van der Waals surface area contributed by atoms with Crippen molar-refractivity contribution in [3.63, 3.8) is 0 Å². The third kappa shape index (κ3) is 3.98. The molecule has 1 saturated carbocycles. The van der Waals surface area contributed by atoms with Crippen molar-refractivity contribution >= 4 is 5.97 Å². The molecule has 0 heterocycles. The molecule has 0 amide bonds. The standard InChI is InChI=1S/C15H28O3/c1-10(2)12-7-6-11(3)8-13(12)18-9-15(4,5)14(16)17/h10-13H,6-9H2,1-5H3,(H,16,17). The zero-order valence-electron chi connectivity index (χ0n) is 12.4. The quantitative estimate of drug-likeness (QED) is 0.818. The number of ether oxygens (including phenoxy) is 1. The first-order chi connectivity index (χ1) is 8.24. The summed E-state index contributed by atoms with van der Waals surface area (Å²) in [6.07, 6.45) is 3.77. The van der Waals surface area contributed by atoms with E-state index in [9.17, 15) is 4.79 Å². The second-order valence-corrected chi connectivity index (χ2v) is 6.86. The zero-order chi connectivity index (χ0) is 13.9. The van der Waals surface area contributed by atoms with E-state index in [2.05, 4.69) is 20.8 Å². The first-order valence-corrected chi connectivity index (χ1v) is 7.09. The second-order valence-electron chi connectivity index (χ2n) is 6.86. The van der Waals surface area contributed by atoms with Crippen LogP contribution >= 0.6 is 0 Å². The normalized spacial score (nSPS) is 29.6. The zero-order valence-corrected chi connectivity index (χ0v) is 12.4. The first-order valence-electron chi connectivity index (χ1n) is 7.09. The Labute approximate surface area is 111 Å². The molecule has 1 N–H and O–H groups in total. The van der Waals surface area contributed by atoms with Gasteiger partial charge < -0.3 is 9.84 Å². The van der Waals surface area contributed by atoms with Gasteiger partial charge >= 0.3 is 5.97 Å². The van der Waals surface area contributed by atoms with Crippen LogP contribution in [0.15, 0.2) is 0 Å². The smallest absolute Gasteiger partial charge is 0.311 e. The van der Waals surface area contributed by atoms with Crippen molar-refractivity contribution in [2.45, 2.75) is 60.0 Å². The Hall–Kier alpha value is -0.570. The van der Waals surface area contributed by atoms with Crippen LogP contribution in [0.25, 0.3) is 0 Å². The fraction of sp³-hybridized carbons (Fsp3) is 0.933. The fourth-order valence-corrected chi connectivity index (χ4v) is 2.68. The summed E-state index contributed by atoms with van der Waals surface area (Å²) in [4.78, 5) is 11.1. The second kappa shape index (κ2) is 6.05. The van der Waals surface area contributed by atoms with Crippen molar-refractivity contribution in [3.05, 3.63) is 0 Å². The average molecular weight is 256 g/mol. The molecule has 1 aliphatic rings. The van der Waals surface area contributed by atoms with Gasteiger partial charge in [0.2, 0.25) is 0 Å². The monoisotopic (exact) mass is 256 g/mol. The predicted octanol–water partition coefficient (Wildman–Crippen LogP) is 3.57. The Kier molecular flexibility index (Phi) is 5.20. The lowest BCUT2D eigenvalue weighted by molar-refractivity contribution is -0.154. The SMILES string of the molecule is CC1CCC(C(C)C)C(OCC(C)(C)C(=O)O)C1. The third-order valence-corrected chi connectivity index (χ3v) is 4.20. The molecule has 3 heteroatoms. The van der Waals surface area contributed by atoms with Crippen LogP contribution in [0.1, 0.15) is 53.9 Å². The number of carboxylic acids is 1. The number of carbonyl (C=O) groups is 1. The van der Waals surface area contributed by atoms with Crippen LogP contribution in [0.5, 0.6) is 0 Å². The van der Waals surface area contributed by atoms with E-state index < -0.39 is 11.4 Å². The Morgan fingerprint density at radius 3 is 2.50 bits per heavy atom. The number of carboxylic acid groups (broad SMARTS) is 1. The maximum absolute atomic E-state index is 11.1. The fourth-order valence-electron chi connectivity index (χ4n) is 2.68. The maximum atomic E-state index is 11.1. The van der Waals surface area contributed by atoms with E-state index in [0.29, 0.717) is 24.4 Å². The highest BCUT2D eigenvalue weighted by Crippen LogP contribution is 2.36. The summed E-state index contributed by atoms with van der Waals surface area (Å²) < 4.78 is 5.97. The summed E-state index contributed by atoms with van der Waals surface area (Å²) in [5, 5.41) is 9.12. The summed E-state index contributed by atoms with van der Waals surface area (Å²) in [5.41, 5.74) is -0.789. The average Bonchev–Trinajstić information content (AvgIpc) is 2.26. The van der Waals surface area contributed by atoms with Crippen LogP contribution in [-0.4, -0.2) is 23.8 Å². The summed E-state index contributed by atoms with van der Waals surface area (Å²) in [6.45, 7) is 10.5. The number of aliphatic carboxylic acids is 1. The molecule has 0 bridgehead atoms. The molecule has 3 atom stereocenters. The molecule has 0 aromatic rings. The van der Waals surface area contributed by atoms with Crippen molar-refractivity contribution in [3.8, 4) is 0 Å². The molecule has 18 heavy (non-hydrogen) atoms. The van der Waals surface area contributed by atoms with Crippen molar-refractivity contribution in [2.75, 3.05) is 6.61 Å². The Bertz CT molecular complexity index is 283. The first kappa shape index (κ1) is 15.5. The lowest BCUT2D eigenvalue weighted by Gasteiger charge is -2.38. The highest BCUT2D eigenvalue weighted by Gasteiger charge is 2.34. The van der Waals surface area contributed by atoms with Crippen LogP contribution in [0.3, 0.4) is 0 Å². The van der Waals surface area contributed by atoms with E-state index >= 15 is 0 Å². The lowest BCUT2D eigenvalue weighted by atomic mass is 9.75. The molecule has 3 nitrogen and oxygen atoms in total. The highest BCUT2D eigenvalue weighted by atomic mass is 16.5. The molecular weight excluding hydrogens is 228 g/mol. The molecule has 3 unspecified atom stereocenters. The van der Waals surface area contributed by atoms with Gasteiger partial charge in [-0.25, -0.2) is 0 Å². The van der Waals surface area contributed by atoms with E-state index in [-0.39, 0.29) is 6.10 Å². The van der Waals surface area contributed by atoms with Crippen LogP contribution in [0.4, 0.5) is 0 Å². The van der Waals surface area contributed by atoms with Crippen LogP contribution in [0, 0.1) is 23.2 Å². The molecule has 0 aromatic carbocycles. The van der Waals surface area contributed by atoms with Gasteiger partial charge in [-0.3, -0.25) is 4.79 Å². The highest BCUT2D eigenvalue weighted by molar-refractivity contribution is 5.73. The molecule has 0 aliphatic heterocycles. The van der Waals surface area contributed by atoms with Gasteiger partial charge in [0, 0.05) is 0 Å². The van der Waals surface area contributed by atoms with E-state index in [1.54, 1.807) is 13.8 Å². The molecule has 0 saturated heterocycles. The maximum Gasteiger partial charge on any atom is 0.311 e. The van der Waals surface area contributed by atoms with Crippen molar-refractivity contribution in [1.29, 1.82) is 0 Å². The van der Waals surface area contributed by atoms with Crippen molar-refractivity contribution in [1.82, 2.24) is 0 Å². The summed E-state index contributed by atoms with van der Waals surface area (Å²) in [6, 6.07) is 0.